The Morgan fingerprint density at radius 2 is 0.720 bits per heavy atom. The van der Waals surface area contributed by atoms with Crippen LogP contribution in [0.5, 0.6) is 0 Å². The molecule has 0 bridgehead atoms. The van der Waals surface area contributed by atoms with Gasteiger partial charge in [0, 0.05) is 0 Å². The van der Waals surface area contributed by atoms with Gasteiger partial charge in [0.25, 0.3) is 0 Å². The highest BCUT2D eigenvalue weighted by Crippen LogP contribution is 2.28. The molecule has 8 nitrogen and oxygen atoms in total. The van der Waals surface area contributed by atoms with Gasteiger partial charge in [-0.25, -0.2) is 0 Å². The van der Waals surface area contributed by atoms with Crippen molar-refractivity contribution in [3.8, 4) is 0 Å². The fourth-order valence-corrected chi connectivity index (χ4v) is 6.09. The van der Waals surface area contributed by atoms with Crippen molar-refractivity contribution < 1.29 is 38.1 Å². The predicted octanol–water partition coefficient (Wildman–Crippen LogP) is 11.2. The number of esters is 4. The fraction of sp³-hybridized carbons (Fsp3) is 0.905. The topological polar surface area (TPSA) is 105 Å². The number of unbranched alkanes of at least 4 members (excludes halogenated alkanes) is 20. The lowest BCUT2D eigenvalue weighted by Gasteiger charge is -2.25. The molecule has 50 heavy (non-hydrogen) atoms. The van der Waals surface area contributed by atoms with E-state index in [9.17, 15) is 19.2 Å². The van der Waals surface area contributed by atoms with Crippen LogP contribution in [0.25, 0.3) is 0 Å². The zero-order valence-corrected chi connectivity index (χ0v) is 33.2. The number of carbonyl (C=O) groups is 4. The van der Waals surface area contributed by atoms with Crippen molar-refractivity contribution in [1.82, 2.24) is 0 Å². The zero-order chi connectivity index (χ0) is 37.1. The lowest BCUT2D eigenvalue weighted by molar-refractivity contribution is -0.164. The molecule has 0 radical (unpaired) electrons. The molecule has 0 aliphatic rings. The third kappa shape index (κ3) is 27.6. The molecule has 0 heterocycles. The molecule has 294 valence electrons. The minimum atomic E-state index is -0.940. The van der Waals surface area contributed by atoms with Crippen LogP contribution in [0, 0.1) is 17.8 Å². The minimum absolute atomic E-state index is 0.0376. The second kappa shape index (κ2) is 35.3. The van der Waals surface area contributed by atoms with Crippen LogP contribution >= 0.6 is 0 Å². The first-order valence-electron chi connectivity index (χ1n) is 21.0. The number of ether oxygens (including phenoxy) is 4. The van der Waals surface area contributed by atoms with Crippen molar-refractivity contribution in [2.75, 3.05) is 26.4 Å². The van der Waals surface area contributed by atoms with E-state index < -0.39 is 41.6 Å². The summed E-state index contributed by atoms with van der Waals surface area (Å²) in [6.07, 6.45) is 25.2. The van der Waals surface area contributed by atoms with Gasteiger partial charge in [-0.2, -0.15) is 0 Å². The van der Waals surface area contributed by atoms with E-state index >= 15 is 0 Å². The van der Waals surface area contributed by atoms with Gasteiger partial charge in [-0.3, -0.25) is 19.2 Å². The Hall–Kier alpha value is -2.12. The van der Waals surface area contributed by atoms with Crippen LogP contribution < -0.4 is 0 Å². The van der Waals surface area contributed by atoms with Gasteiger partial charge >= 0.3 is 23.9 Å². The fourth-order valence-electron chi connectivity index (χ4n) is 6.09. The predicted molar refractivity (Wildman–Crippen MR) is 203 cm³/mol. The highest BCUT2D eigenvalue weighted by atomic mass is 16.5. The lowest BCUT2D eigenvalue weighted by atomic mass is 9.84. The van der Waals surface area contributed by atoms with Crippen LogP contribution in [0.3, 0.4) is 0 Å². The smallest absolute Gasteiger partial charge is 0.309 e. The molecule has 0 saturated carbocycles. The van der Waals surface area contributed by atoms with Crippen molar-refractivity contribution >= 4 is 23.9 Å². The van der Waals surface area contributed by atoms with Crippen molar-refractivity contribution in [3.63, 3.8) is 0 Å². The minimum Gasteiger partial charge on any atom is -0.466 e. The molecule has 0 aromatic rings. The molecule has 0 aliphatic heterocycles. The summed E-state index contributed by atoms with van der Waals surface area (Å²) in [7, 11) is 0. The Bertz CT molecular complexity index is 829. The molecule has 0 N–H and O–H groups in total. The van der Waals surface area contributed by atoms with Crippen molar-refractivity contribution in [3.05, 3.63) is 0 Å². The van der Waals surface area contributed by atoms with E-state index in [1.54, 1.807) is 6.92 Å². The summed E-state index contributed by atoms with van der Waals surface area (Å²) >= 11 is 0. The molecule has 0 aliphatic carbocycles. The van der Waals surface area contributed by atoms with E-state index in [1.165, 1.54) is 64.2 Å². The third-order valence-corrected chi connectivity index (χ3v) is 9.55. The molecule has 0 spiro atoms. The van der Waals surface area contributed by atoms with Crippen LogP contribution in [-0.4, -0.2) is 50.3 Å². The van der Waals surface area contributed by atoms with Gasteiger partial charge in [-0.1, -0.05) is 163 Å². The monoisotopic (exact) mass is 711 g/mol. The largest absolute Gasteiger partial charge is 0.466 e. The molecule has 3 atom stereocenters. The summed E-state index contributed by atoms with van der Waals surface area (Å²) < 4.78 is 22.5. The average molecular weight is 711 g/mol. The molecule has 0 aromatic heterocycles. The molecule has 0 fully saturated rings. The summed E-state index contributed by atoms with van der Waals surface area (Å²) in [5.41, 5.74) is 0. The standard InChI is InChI=1S/C42H78O8/c1-6-10-14-18-22-26-30-47-39(43)35-37(41(45)49-32-28-24-20-16-12-8-3)34-38(42(46)50-33-29-25-21-17-13-9-4)36(5)40(44)48-31-27-23-19-15-11-7-2/h36-38H,6-35H2,1-5H3. The second-order valence-corrected chi connectivity index (χ2v) is 14.3. The van der Waals surface area contributed by atoms with Gasteiger partial charge in [0.05, 0.1) is 50.6 Å². The second-order valence-electron chi connectivity index (χ2n) is 14.3. The van der Waals surface area contributed by atoms with Crippen LogP contribution in [0.2, 0.25) is 0 Å². The summed E-state index contributed by atoms with van der Waals surface area (Å²) in [6, 6.07) is 0. The highest BCUT2D eigenvalue weighted by molar-refractivity contribution is 5.84. The van der Waals surface area contributed by atoms with Gasteiger partial charge in [-0.15, -0.1) is 0 Å². The van der Waals surface area contributed by atoms with Crippen LogP contribution in [0.1, 0.15) is 202 Å². The van der Waals surface area contributed by atoms with Crippen molar-refractivity contribution in [1.29, 1.82) is 0 Å². The van der Waals surface area contributed by atoms with Gasteiger partial charge < -0.3 is 18.9 Å². The summed E-state index contributed by atoms with van der Waals surface area (Å²) in [5, 5.41) is 0. The number of hydrogen-bond acceptors (Lipinski definition) is 8. The molecule has 0 amide bonds. The molecule has 0 rings (SSSR count). The number of hydrogen-bond donors (Lipinski definition) is 0. The summed E-state index contributed by atoms with van der Waals surface area (Å²) in [4.78, 5) is 53.2. The Morgan fingerprint density at radius 1 is 0.400 bits per heavy atom. The van der Waals surface area contributed by atoms with E-state index in [-0.39, 0.29) is 26.1 Å². The molecule has 8 heteroatoms. The van der Waals surface area contributed by atoms with Gasteiger partial charge in [0.1, 0.15) is 0 Å². The van der Waals surface area contributed by atoms with E-state index in [1.807, 2.05) is 0 Å². The Kier molecular flexibility index (Phi) is 33.8. The van der Waals surface area contributed by atoms with Crippen LogP contribution in [0.4, 0.5) is 0 Å². The SMILES string of the molecule is CCCCCCCCOC(=O)CC(CC(C(=O)OCCCCCCCC)C(C)C(=O)OCCCCCCCC)C(=O)OCCCCCCCC. The first-order valence-corrected chi connectivity index (χ1v) is 21.0. The van der Waals surface area contributed by atoms with Gasteiger partial charge in [0.15, 0.2) is 0 Å². The molecule has 0 saturated heterocycles. The molecule has 3 unspecified atom stereocenters. The maximum absolute atomic E-state index is 13.6. The third-order valence-electron chi connectivity index (χ3n) is 9.55. The summed E-state index contributed by atoms with van der Waals surface area (Å²) in [6.45, 7) is 11.5. The molecular weight excluding hydrogens is 632 g/mol. The zero-order valence-electron chi connectivity index (χ0n) is 33.2. The van der Waals surface area contributed by atoms with Crippen LogP contribution in [-0.2, 0) is 38.1 Å². The van der Waals surface area contributed by atoms with E-state index in [0.29, 0.717) is 13.2 Å². The Morgan fingerprint density at radius 3 is 1.12 bits per heavy atom. The quantitative estimate of drug-likeness (QED) is 0.0359. The van der Waals surface area contributed by atoms with E-state index in [0.717, 1.165) is 89.9 Å². The molecule has 0 aromatic carbocycles. The lowest BCUT2D eigenvalue weighted by Crippen LogP contribution is -2.35. The first-order chi connectivity index (χ1) is 24.3. The van der Waals surface area contributed by atoms with Gasteiger partial charge in [-0.05, 0) is 32.1 Å². The Labute approximate surface area is 307 Å². The van der Waals surface area contributed by atoms with Crippen LogP contribution in [0.15, 0.2) is 0 Å². The maximum Gasteiger partial charge on any atom is 0.309 e. The number of carbonyl (C=O) groups excluding carboxylic acids is 4. The average Bonchev–Trinajstić information content (AvgIpc) is 3.11. The molecular formula is C42H78O8. The van der Waals surface area contributed by atoms with E-state index in [2.05, 4.69) is 27.7 Å². The number of rotatable bonds is 36. The summed E-state index contributed by atoms with van der Waals surface area (Å²) in [5.74, 6) is -4.73. The van der Waals surface area contributed by atoms with Crippen molar-refractivity contribution in [2.24, 2.45) is 17.8 Å². The maximum atomic E-state index is 13.6. The van der Waals surface area contributed by atoms with Gasteiger partial charge in [0.2, 0.25) is 0 Å². The normalized spacial score (nSPS) is 13.0. The van der Waals surface area contributed by atoms with Crippen molar-refractivity contribution in [2.45, 2.75) is 202 Å². The highest BCUT2D eigenvalue weighted by Gasteiger charge is 2.38. The van der Waals surface area contributed by atoms with E-state index in [4.69, 9.17) is 18.9 Å². The first kappa shape index (κ1) is 47.9. The Balaban J connectivity index is 5.55.